The number of hydrogen-bond donors (Lipinski definition) is 2. The Morgan fingerprint density at radius 2 is 1.52 bits per heavy atom. The Hall–Kier alpha value is -3.30. The van der Waals surface area contributed by atoms with Gasteiger partial charge in [-0.15, -0.1) is 0 Å². The molecule has 0 aliphatic rings. The van der Waals surface area contributed by atoms with E-state index in [0.717, 1.165) is 17.0 Å². The summed E-state index contributed by atoms with van der Waals surface area (Å²) in [6, 6.07) is 31.5. The predicted octanol–water partition coefficient (Wildman–Crippen LogP) is 5.87. The Labute approximate surface area is 172 Å². The smallest absolute Gasteiger partial charge is 0.118 e. The maximum Gasteiger partial charge on any atom is 0.118 e. The summed E-state index contributed by atoms with van der Waals surface area (Å²) in [5.74, 6) is 0.849. The number of anilines is 1. The van der Waals surface area contributed by atoms with Crippen LogP contribution in [-0.2, 0) is 0 Å². The summed E-state index contributed by atoms with van der Waals surface area (Å²) in [6.45, 7) is 2.21. The quantitative estimate of drug-likeness (QED) is 0.410. The second-order valence-electron chi connectivity index (χ2n) is 7.33. The summed E-state index contributed by atoms with van der Waals surface area (Å²) in [5.41, 5.74) is 10.4. The lowest BCUT2D eigenvalue weighted by molar-refractivity contribution is 0.414. The van der Waals surface area contributed by atoms with Gasteiger partial charge in [0, 0.05) is 11.7 Å². The van der Waals surface area contributed by atoms with E-state index < -0.39 is 0 Å². The summed E-state index contributed by atoms with van der Waals surface area (Å²) in [7, 11) is 1.69. The molecule has 0 radical (unpaired) electrons. The second kappa shape index (κ2) is 8.38. The topological polar surface area (TPSA) is 47.3 Å². The average Bonchev–Trinajstić information content (AvgIpc) is 2.77. The first kappa shape index (κ1) is 19.0. The first-order valence-corrected chi connectivity index (χ1v) is 9.89. The van der Waals surface area contributed by atoms with Crippen LogP contribution in [0.3, 0.4) is 0 Å². The van der Waals surface area contributed by atoms with Crippen LogP contribution in [-0.4, -0.2) is 7.11 Å². The van der Waals surface area contributed by atoms with Crippen molar-refractivity contribution in [2.45, 2.75) is 19.0 Å². The zero-order valence-corrected chi connectivity index (χ0v) is 16.8. The number of nitrogen functional groups attached to an aromatic ring is 1. The van der Waals surface area contributed by atoms with Gasteiger partial charge < -0.3 is 10.5 Å². The maximum absolute atomic E-state index is 6.09. The van der Waals surface area contributed by atoms with Crippen LogP contribution in [0.15, 0.2) is 91.0 Å². The van der Waals surface area contributed by atoms with Crippen LogP contribution in [0.4, 0.5) is 5.69 Å². The fraction of sp³-hybridized carbons (Fsp3) is 0.154. The summed E-state index contributed by atoms with van der Waals surface area (Å²) < 4.78 is 5.33. The maximum atomic E-state index is 6.09. The first-order chi connectivity index (χ1) is 14.2. The second-order valence-corrected chi connectivity index (χ2v) is 7.33. The molecule has 146 valence electrons. The minimum atomic E-state index is 0.0124. The van der Waals surface area contributed by atoms with Crippen LogP contribution >= 0.6 is 0 Å². The third-order valence-corrected chi connectivity index (χ3v) is 5.40. The van der Waals surface area contributed by atoms with E-state index in [9.17, 15) is 0 Å². The number of hydrogen-bond acceptors (Lipinski definition) is 3. The van der Waals surface area contributed by atoms with E-state index in [4.69, 9.17) is 10.5 Å². The number of rotatable bonds is 6. The number of ether oxygens (including phenoxy) is 1. The van der Waals surface area contributed by atoms with Gasteiger partial charge in [-0.25, -0.2) is 0 Å². The molecule has 0 spiro atoms. The van der Waals surface area contributed by atoms with E-state index in [1.807, 2.05) is 30.3 Å². The zero-order chi connectivity index (χ0) is 20.2. The highest BCUT2D eigenvalue weighted by molar-refractivity contribution is 5.86. The van der Waals surface area contributed by atoms with Crippen LogP contribution in [0.2, 0.25) is 0 Å². The number of benzene rings is 4. The molecule has 0 saturated carbocycles. The molecule has 0 aliphatic carbocycles. The summed E-state index contributed by atoms with van der Waals surface area (Å²) in [6.07, 6.45) is 0. The van der Waals surface area contributed by atoms with Gasteiger partial charge in [-0.05, 0) is 58.7 Å². The third kappa shape index (κ3) is 4.10. The van der Waals surface area contributed by atoms with Crippen molar-refractivity contribution in [3.05, 3.63) is 108 Å². The molecule has 29 heavy (non-hydrogen) atoms. The van der Waals surface area contributed by atoms with Gasteiger partial charge in [0.25, 0.3) is 0 Å². The molecule has 4 aromatic rings. The third-order valence-electron chi connectivity index (χ3n) is 5.40. The number of nitrogens with one attached hydrogen (secondary N) is 1. The minimum Gasteiger partial charge on any atom is -0.497 e. The van der Waals surface area contributed by atoms with Crippen molar-refractivity contribution >= 4 is 16.5 Å². The molecule has 4 aromatic carbocycles. The fourth-order valence-corrected chi connectivity index (χ4v) is 3.89. The highest BCUT2D eigenvalue weighted by Crippen LogP contribution is 2.31. The van der Waals surface area contributed by atoms with Gasteiger partial charge in [-0.3, -0.25) is 5.32 Å². The molecule has 3 nitrogen and oxygen atoms in total. The molecule has 0 heterocycles. The van der Waals surface area contributed by atoms with Gasteiger partial charge in [-0.2, -0.15) is 0 Å². The van der Waals surface area contributed by atoms with E-state index in [0.29, 0.717) is 0 Å². The van der Waals surface area contributed by atoms with Crippen molar-refractivity contribution in [1.29, 1.82) is 0 Å². The molecule has 0 amide bonds. The number of fused-ring (bicyclic) bond motifs is 1. The lowest BCUT2D eigenvalue weighted by Crippen LogP contribution is -2.26. The van der Waals surface area contributed by atoms with Crippen molar-refractivity contribution < 1.29 is 4.74 Å². The Morgan fingerprint density at radius 3 is 2.28 bits per heavy atom. The van der Waals surface area contributed by atoms with Crippen molar-refractivity contribution in [2.75, 3.05) is 12.8 Å². The van der Waals surface area contributed by atoms with Crippen molar-refractivity contribution in [3.8, 4) is 5.75 Å². The standard InChI is InChI=1S/C26H26N2O/c1-18(24-12-6-8-19-7-3-4-11-25(19)24)28-26(21-9-5-10-22(27)17-21)20-13-15-23(29-2)16-14-20/h3-18,26,28H,27H2,1-2H3/t18-,26?/m1/s1. The first-order valence-electron chi connectivity index (χ1n) is 9.89. The molecule has 3 heteroatoms. The molecule has 2 atom stereocenters. The SMILES string of the molecule is COc1ccc(C(N[C@H](C)c2cccc3ccccc23)c2cccc(N)c2)cc1. The lowest BCUT2D eigenvalue weighted by atomic mass is 9.94. The summed E-state index contributed by atoms with van der Waals surface area (Å²) in [4.78, 5) is 0. The zero-order valence-electron chi connectivity index (χ0n) is 16.8. The van der Waals surface area contributed by atoms with Gasteiger partial charge in [0.1, 0.15) is 5.75 Å². The predicted molar refractivity (Wildman–Crippen MR) is 121 cm³/mol. The molecular weight excluding hydrogens is 356 g/mol. The Kier molecular flexibility index (Phi) is 5.50. The fourth-order valence-electron chi connectivity index (χ4n) is 3.89. The number of nitrogens with two attached hydrogens (primary N) is 1. The van der Waals surface area contributed by atoms with E-state index in [2.05, 4.69) is 72.9 Å². The number of methoxy groups -OCH3 is 1. The van der Waals surface area contributed by atoms with Gasteiger partial charge in [0.2, 0.25) is 0 Å². The van der Waals surface area contributed by atoms with Crippen molar-refractivity contribution in [1.82, 2.24) is 5.32 Å². The Morgan fingerprint density at radius 1 is 0.793 bits per heavy atom. The highest BCUT2D eigenvalue weighted by atomic mass is 16.5. The molecule has 0 fully saturated rings. The van der Waals surface area contributed by atoms with Gasteiger partial charge >= 0.3 is 0 Å². The average molecular weight is 383 g/mol. The monoisotopic (exact) mass is 382 g/mol. The largest absolute Gasteiger partial charge is 0.497 e. The van der Waals surface area contributed by atoms with Crippen LogP contribution in [0.5, 0.6) is 5.75 Å². The van der Waals surface area contributed by atoms with E-state index >= 15 is 0 Å². The molecule has 0 aliphatic heterocycles. The van der Waals surface area contributed by atoms with E-state index in [1.54, 1.807) is 7.11 Å². The molecule has 0 aromatic heterocycles. The summed E-state index contributed by atoms with van der Waals surface area (Å²) in [5, 5.41) is 6.35. The van der Waals surface area contributed by atoms with Gasteiger partial charge in [-0.1, -0.05) is 66.7 Å². The molecule has 0 saturated heterocycles. The van der Waals surface area contributed by atoms with E-state index in [1.165, 1.54) is 21.9 Å². The van der Waals surface area contributed by atoms with Crippen LogP contribution in [0.25, 0.3) is 10.8 Å². The molecule has 4 rings (SSSR count). The normalized spacial score (nSPS) is 13.2. The summed E-state index contributed by atoms with van der Waals surface area (Å²) >= 11 is 0. The van der Waals surface area contributed by atoms with E-state index in [-0.39, 0.29) is 12.1 Å². The van der Waals surface area contributed by atoms with Gasteiger partial charge in [0.05, 0.1) is 13.2 Å². The van der Waals surface area contributed by atoms with Crippen LogP contribution < -0.4 is 15.8 Å². The minimum absolute atomic E-state index is 0.0124. The molecule has 0 bridgehead atoms. The lowest BCUT2D eigenvalue weighted by Gasteiger charge is -2.26. The van der Waals surface area contributed by atoms with Crippen LogP contribution in [0.1, 0.15) is 35.7 Å². The Balaban J connectivity index is 1.72. The molecule has 3 N–H and O–H groups in total. The molecular formula is C26H26N2O. The van der Waals surface area contributed by atoms with Crippen LogP contribution in [0, 0.1) is 0 Å². The Bertz CT molecular complexity index is 1100. The van der Waals surface area contributed by atoms with Crippen molar-refractivity contribution in [3.63, 3.8) is 0 Å². The molecule has 1 unspecified atom stereocenters. The van der Waals surface area contributed by atoms with Crippen molar-refractivity contribution in [2.24, 2.45) is 0 Å². The van der Waals surface area contributed by atoms with Gasteiger partial charge in [0.15, 0.2) is 0 Å². The highest BCUT2D eigenvalue weighted by Gasteiger charge is 2.19.